The van der Waals surface area contributed by atoms with Gasteiger partial charge in [0.1, 0.15) is 0 Å². The highest BCUT2D eigenvalue weighted by molar-refractivity contribution is 5.95. The number of amides is 1. The molecule has 1 atom stereocenters. The van der Waals surface area contributed by atoms with Gasteiger partial charge < -0.3 is 15.8 Å². The highest BCUT2D eigenvalue weighted by Gasteiger charge is 2.33. The number of nitrogens with zero attached hydrogens (tertiary/aromatic N) is 1. The van der Waals surface area contributed by atoms with Crippen LogP contribution in [-0.4, -0.2) is 43.7 Å². The number of anilines is 1. The standard InChI is InChI=1S/C19H31N3O2/c1-4-19(5-2,14-20)18(23)21-17-8-6-16(7-9-17)15(3)22-10-12-24-13-11-22/h6-9,15H,4-5,10-14,20H2,1-3H3,(H,21,23). The third-order valence-corrected chi connectivity index (χ3v) is 5.47. The average molecular weight is 333 g/mol. The first-order valence-electron chi connectivity index (χ1n) is 8.99. The third-order valence-electron chi connectivity index (χ3n) is 5.47. The summed E-state index contributed by atoms with van der Waals surface area (Å²) in [6.45, 7) is 10.1. The summed E-state index contributed by atoms with van der Waals surface area (Å²) >= 11 is 0. The first kappa shape index (κ1) is 18.9. The van der Waals surface area contributed by atoms with E-state index in [1.54, 1.807) is 0 Å². The summed E-state index contributed by atoms with van der Waals surface area (Å²) in [5.41, 5.74) is 7.47. The molecule has 1 unspecified atom stereocenters. The number of carbonyl (C=O) groups is 1. The van der Waals surface area contributed by atoms with Crippen molar-refractivity contribution in [2.75, 3.05) is 38.2 Å². The van der Waals surface area contributed by atoms with E-state index in [2.05, 4.69) is 29.3 Å². The second-order valence-corrected chi connectivity index (χ2v) is 6.59. The summed E-state index contributed by atoms with van der Waals surface area (Å²) in [4.78, 5) is 15.0. The Kier molecular flexibility index (Phi) is 6.78. The molecule has 1 fully saturated rings. The Hall–Kier alpha value is -1.43. The van der Waals surface area contributed by atoms with E-state index in [1.165, 1.54) is 5.56 Å². The van der Waals surface area contributed by atoms with Crippen LogP contribution in [0.3, 0.4) is 0 Å². The molecule has 0 saturated carbocycles. The molecule has 0 radical (unpaired) electrons. The maximum absolute atomic E-state index is 12.6. The number of morpholine rings is 1. The number of hydrogen-bond acceptors (Lipinski definition) is 4. The molecule has 24 heavy (non-hydrogen) atoms. The lowest BCUT2D eigenvalue weighted by Crippen LogP contribution is -2.41. The quantitative estimate of drug-likeness (QED) is 0.805. The zero-order valence-corrected chi connectivity index (χ0v) is 15.2. The lowest BCUT2D eigenvalue weighted by atomic mass is 9.81. The minimum absolute atomic E-state index is 0.0176. The maximum Gasteiger partial charge on any atom is 0.231 e. The Morgan fingerprint density at radius 1 is 1.25 bits per heavy atom. The Bertz CT molecular complexity index is 512. The van der Waals surface area contributed by atoms with Gasteiger partial charge in [0.05, 0.1) is 18.6 Å². The zero-order chi connectivity index (χ0) is 17.6. The number of nitrogens with one attached hydrogen (secondary N) is 1. The molecule has 1 heterocycles. The van der Waals surface area contributed by atoms with E-state index in [0.29, 0.717) is 12.6 Å². The average Bonchev–Trinajstić information content (AvgIpc) is 2.64. The molecule has 1 aromatic rings. The van der Waals surface area contributed by atoms with Crippen LogP contribution in [0.15, 0.2) is 24.3 Å². The summed E-state index contributed by atoms with van der Waals surface area (Å²) in [5, 5.41) is 3.03. The molecule has 1 amide bonds. The smallest absolute Gasteiger partial charge is 0.231 e. The predicted octanol–water partition coefficient (Wildman–Crippen LogP) is 2.78. The molecular weight excluding hydrogens is 302 g/mol. The molecule has 0 aromatic heterocycles. The normalized spacial score (nSPS) is 17.5. The number of ether oxygens (including phenoxy) is 1. The zero-order valence-electron chi connectivity index (χ0n) is 15.2. The van der Waals surface area contributed by atoms with Crippen LogP contribution >= 0.6 is 0 Å². The van der Waals surface area contributed by atoms with Crippen LogP contribution in [0.2, 0.25) is 0 Å². The van der Waals surface area contributed by atoms with E-state index < -0.39 is 5.41 Å². The van der Waals surface area contributed by atoms with E-state index >= 15 is 0 Å². The molecule has 5 heteroatoms. The van der Waals surface area contributed by atoms with Crippen LogP contribution in [-0.2, 0) is 9.53 Å². The van der Waals surface area contributed by atoms with Crippen molar-refractivity contribution in [3.63, 3.8) is 0 Å². The molecule has 0 spiro atoms. The van der Waals surface area contributed by atoms with Crippen LogP contribution < -0.4 is 11.1 Å². The number of benzene rings is 1. The predicted molar refractivity (Wildman–Crippen MR) is 97.9 cm³/mol. The molecule has 0 aliphatic carbocycles. The van der Waals surface area contributed by atoms with E-state index in [-0.39, 0.29) is 5.91 Å². The minimum atomic E-state index is -0.472. The van der Waals surface area contributed by atoms with Crippen molar-refractivity contribution in [1.29, 1.82) is 0 Å². The first-order chi connectivity index (χ1) is 11.6. The van der Waals surface area contributed by atoms with Gasteiger partial charge in [-0.05, 0) is 37.5 Å². The molecule has 2 rings (SSSR count). The molecule has 1 aromatic carbocycles. The van der Waals surface area contributed by atoms with Gasteiger partial charge in [-0.3, -0.25) is 9.69 Å². The molecule has 134 valence electrons. The van der Waals surface area contributed by atoms with Gasteiger partial charge in [0.25, 0.3) is 0 Å². The monoisotopic (exact) mass is 333 g/mol. The topological polar surface area (TPSA) is 67.6 Å². The van der Waals surface area contributed by atoms with E-state index in [0.717, 1.165) is 44.8 Å². The molecule has 1 aliphatic heterocycles. The summed E-state index contributed by atoms with van der Waals surface area (Å²) in [6.07, 6.45) is 1.50. The highest BCUT2D eigenvalue weighted by Crippen LogP contribution is 2.28. The lowest BCUT2D eigenvalue weighted by Gasteiger charge is -2.32. The van der Waals surface area contributed by atoms with Crippen molar-refractivity contribution < 1.29 is 9.53 Å². The van der Waals surface area contributed by atoms with E-state index in [4.69, 9.17) is 10.5 Å². The Labute approximate surface area is 145 Å². The van der Waals surface area contributed by atoms with Crippen LogP contribution in [0, 0.1) is 5.41 Å². The van der Waals surface area contributed by atoms with Crippen LogP contribution in [0.4, 0.5) is 5.69 Å². The number of rotatable bonds is 7. The second-order valence-electron chi connectivity index (χ2n) is 6.59. The molecule has 1 aliphatic rings. The number of carbonyl (C=O) groups excluding carboxylic acids is 1. The minimum Gasteiger partial charge on any atom is -0.379 e. The second kappa shape index (κ2) is 8.60. The Morgan fingerprint density at radius 3 is 2.33 bits per heavy atom. The molecule has 3 N–H and O–H groups in total. The molecular formula is C19H31N3O2. The summed E-state index contributed by atoms with van der Waals surface area (Å²) in [7, 11) is 0. The highest BCUT2D eigenvalue weighted by atomic mass is 16.5. The maximum atomic E-state index is 12.6. The van der Waals surface area contributed by atoms with Crippen LogP contribution in [0.5, 0.6) is 0 Å². The van der Waals surface area contributed by atoms with Gasteiger partial charge in [-0.25, -0.2) is 0 Å². The van der Waals surface area contributed by atoms with Crippen LogP contribution in [0.1, 0.15) is 45.2 Å². The van der Waals surface area contributed by atoms with Crippen molar-refractivity contribution in [2.45, 2.75) is 39.7 Å². The summed E-state index contributed by atoms with van der Waals surface area (Å²) in [5.74, 6) is 0.0176. The van der Waals surface area contributed by atoms with Gasteiger partial charge in [0.15, 0.2) is 0 Å². The number of nitrogens with two attached hydrogens (primary N) is 1. The molecule has 0 bridgehead atoms. The Morgan fingerprint density at radius 2 is 1.83 bits per heavy atom. The van der Waals surface area contributed by atoms with Gasteiger partial charge in [-0.2, -0.15) is 0 Å². The van der Waals surface area contributed by atoms with Gasteiger partial charge in [-0.1, -0.05) is 26.0 Å². The molecule has 1 saturated heterocycles. The SMILES string of the molecule is CCC(CC)(CN)C(=O)Nc1ccc(C(C)N2CCOCC2)cc1. The first-order valence-corrected chi connectivity index (χ1v) is 8.99. The van der Waals surface area contributed by atoms with Crippen molar-refractivity contribution in [2.24, 2.45) is 11.1 Å². The fraction of sp³-hybridized carbons (Fsp3) is 0.632. The Balaban J connectivity index is 2.02. The third kappa shape index (κ3) is 4.15. The van der Waals surface area contributed by atoms with Gasteiger partial charge >= 0.3 is 0 Å². The van der Waals surface area contributed by atoms with Crippen molar-refractivity contribution >= 4 is 11.6 Å². The summed E-state index contributed by atoms with van der Waals surface area (Å²) < 4.78 is 5.41. The summed E-state index contributed by atoms with van der Waals surface area (Å²) in [6, 6.07) is 8.51. The fourth-order valence-electron chi connectivity index (χ4n) is 3.24. The van der Waals surface area contributed by atoms with Crippen molar-refractivity contribution in [3.05, 3.63) is 29.8 Å². The van der Waals surface area contributed by atoms with Crippen molar-refractivity contribution in [3.8, 4) is 0 Å². The largest absolute Gasteiger partial charge is 0.379 e. The van der Waals surface area contributed by atoms with Crippen molar-refractivity contribution in [1.82, 2.24) is 4.90 Å². The molecule has 5 nitrogen and oxygen atoms in total. The number of hydrogen-bond donors (Lipinski definition) is 2. The van der Waals surface area contributed by atoms with Crippen LogP contribution in [0.25, 0.3) is 0 Å². The van der Waals surface area contributed by atoms with E-state index in [9.17, 15) is 4.79 Å². The van der Waals surface area contributed by atoms with Gasteiger partial charge in [-0.15, -0.1) is 0 Å². The van der Waals surface area contributed by atoms with E-state index in [1.807, 2.05) is 26.0 Å². The van der Waals surface area contributed by atoms with Gasteiger partial charge in [0.2, 0.25) is 5.91 Å². The van der Waals surface area contributed by atoms with Gasteiger partial charge in [0, 0.05) is 31.4 Å². The fourth-order valence-corrected chi connectivity index (χ4v) is 3.24. The lowest BCUT2D eigenvalue weighted by molar-refractivity contribution is -0.125.